The molecule has 0 radical (unpaired) electrons. The highest BCUT2D eigenvalue weighted by atomic mass is 19.4. The third kappa shape index (κ3) is 4.31. The highest BCUT2D eigenvalue weighted by Crippen LogP contribution is 2.31. The number of halogens is 3. The normalized spacial score (nSPS) is 15.3. The second kappa shape index (κ2) is 8.32. The summed E-state index contributed by atoms with van der Waals surface area (Å²) >= 11 is 0. The molecule has 3 heterocycles. The lowest BCUT2D eigenvalue weighted by atomic mass is 10.1. The van der Waals surface area contributed by atoms with Gasteiger partial charge in [0.25, 0.3) is 5.91 Å². The van der Waals surface area contributed by atoms with Gasteiger partial charge < -0.3 is 9.42 Å². The molecule has 2 aromatic carbocycles. The summed E-state index contributed by atoms with van der Waals surface area (Å²) in [6.45, 7) is 2.55. The van der Waals surface area contributed by atoms with Crippen molar-refractivity contribution in [3.05, 3.63) is 65.7 Å². The molecule has 1 aliphatic rings. The Balaban J connectivity index is 1.21. The van der Waals surface area contributed by atoms with Crippen molar-refractivity contribution in [3.8, 4) is 11.4 Å². The van der Waals surface area contributed by atoms with Crippen molar-refractivity contribution in [2.45, 2.75) is 12.7 Å². The average Bonchev–Trinajstić information content (AvgIpc) is 3.46. The van der Waals surface area contributed by atoms with Crippen molar-refractivity contribution < 1.29 is 22.5 Å². The number of nitrogens with one attached hydrogen (secondary N) is 1. The summed E-state index contributed by atoms with van der Waals surface area (Å²) in [7, 11) is 0. The number of carbonyl (C=O) groups is 1. The van der Waals surface area contributed by atoms with E-state index in [9.17, 15) is 18.0 Å². The predicted octanol–water partition coefficient (Wildman–Crippen LogP) is 3.59. The van der Waals surface area contributed by atoms with E-state index in [1.165, 1.54) is 12.1 Å². The highest BCUT2D eigenvalue weighted by Gasteiger charge is 2.31. The number of aromatic amines is 1. The zero-order chi connectivity index (χ0) is 23.0. The maximum atomic E-state index is 12.9. The molecule has 33 heavy (non-hydrogen) atoms. The molecule has 0 atom stereocenters. The maximum Gasteiger partial charge on any atom is 0.416 e. The fraction of sp³-hybridized carbons (Fsp3) is 0.273. The molecule has 0 bridgehead atoms. The Morgan fingerprint density at radius 3 is 2.64 bits per heavy atom. The number of rotatable bonds is 4. The van der Waals surface area contributed by atoms with Gasteiger partial charge in [-0.15, -0.1) is 0 Å². The van der Waals surface area contributed by atoms with E-state index in [2.05, 4.69) is 25.2 Å². The van der Waals surface area contributed by atoms with Crippen molar-refractivity contribution in [1.29, 1.82) is 0 Å². The zero-order valence-corrected chi connectivity index (χ0v) is 17.3. The van der Waals surface area contributed by atoms with Crippen LogP contribution in [0.4, 0.5) is 13.2 Å². The number of H-pyrrole nitrogens is 1. The number of hydrogen-bond acceptors (Lipinski definition) is 6. The molecule has 8 nitrogen and oxygen atoms in total. The molecule has 1 amide bonds. The lowest BCUT2D eigenvalue weighted by Crippen LogP contribution is -2.48. The highest BCUT2D eigenvalue weighted by molar-refractivity contribution is 6.04. The van der Waals surface area contributed by atoms with Crippen molar-refractivity contribution in [2.75, 3.05) is 26.2 Å². The molecule has 0 saturated carbocycles. The number of amides is 1. The number of carbonyl (C=O) groups excluding carboxylic acids is 1. The first-order chi connectivity index (χ1) is 15.9. The molecule has 1 aliphatic heterocycles. The average molecular weight is 456 g/mol. The van der Waals surface area contributed by atoms with E-state index in [0.29, 0.717) is 44.3 Å². The molecular formula is C22H19F3N6O2. The molecule has 11 heteroatoms. The van der Waals surface area contributed by atoms with Crippen LogP contribution in [0, 0.1) is 0 Å². The van der Waals surface area contributed by atoms with Crippen molar-refractivity contribution >= 4 is 16.8 Å². The van der Waals surface area contributed by atoms with Crippen LogP contribution in [-0.2, 0) is 12.7 Å². The van der Waals surface area contributed by atoms with Gasteiger partial charge in [-0.3, -0.25) is 14.8 Å². The number of fused-ring (bicyclic) bond motifs is 1. The lowest BCUT2D eigenvalue weighted by Gasteiger charge is -2.33. The smallest absolute Gasteiger partial charge is 0.338 e. The zero-order valence-electron chi connectivity index (χ0n) is 17.3. The Labute approximate surface area is 186 Å². The number of nitrogens with zero attached hydrogens (tertiary/aromatic N) is 5. The number of benzene rings is 2. The number of piperazine rings is 1. The minimum Gasteiger partial charge on any atom is -0.338 e. The van der Waals surface area contributed by atoms with Gasteiger partial charge in [0.05, 0.1) is 17.6 Å². The first-order valence-electron chi connectivity index (χ1n) is 10.3. The van der Waals surface area contributed by atoms with Crippen LogP contribution in [0.25, 0.3) is 22.3 Å². The van der Waals surface area contributed by atoms with Gasteiger partial charge >= 0.3 is 6.18 Å². The van der Waals surface area contributed by atoms with Gasteiger partial charge in [-0.05, 0) is 18.2 Å². The summed E-state index contributed by atoms with van der Waals surface area (Å²) < 4.78 is 44.1. The minimum atomic E-state index is -4.44. The molecule has 2 aromatic heterocycles. The van der Waals surface area contributed by atoms with Crippen LogP contribution < -0.4 is 0 Å². The second-order valence-electron chi connectivity index (χ2n) is 7.78. The van der Waals surface area contributed by atoms with Gasteiger partial charge in [-0.2, -0.15) is 23.3 Å². The topological polar surface area (TPSA) is 91.2 Å². The van der Waals surface area contributed by atoms with E-state index in [1.54, 1.807) is 4.90 Å². The van der Waals surface area contributed by atoms with Crippen molar-refractivity contribution in [1.82, 2.24) is 30.1 Å². The van der Waals surface area contributed by atoms with E-state index >= 15 is 0 Å². The summed E-state index contributed by atoms with van der Waals surface area (Å²) in [5, 5.41) is 11.7. The van der Waals surface area contributed by atoms with Crippen LogP contribution in [-0.4, -0.2) is 62.2 Å². The van der Waals surface area contributed by atoms with E-state index in [-0.39, 0.29) is 17.3 Å². The van der Waals surface area contributed by atoms with E-state index < -0.39 is 11.7 Å². The lowest BCUT2D eigenvalue weighted by molar-refractivity contribution is -0.137. The molecule has 1 N–H and O–H groups in total. The van der Waals surface area contributed by atoms with Gasteiger partial charge in [0.1, 0.15) is 0 Å². The molecule has 1 saturated heterocycles. The molecule has 5 rings (SSSR count). The fourth-order valence-corrected chi connectivity index (χ4v) is 3.85. The van der Waals surface area contributed by atoms with Gasteiger partial charge in [-0.25, -0.2) is 0 Å². The molecule has 4 aromatic rings. The van der Waals surface area contributed by atoms with Gasteiger partial charge in [0.15, 0.2) is 5.69 Å². The number of aromatic nitrogens is 4. The Bertz CT molecular complexity index is 1290. The Kier molecular flexibility index (Phi) is 5.33. The Morgan fingerprint density at radius 1 is 1.06 bits per heavy atom. The molecule has 0 unspecified atom stereocenters. The summed E-state index contributed by atoms with van der Waals surface area (Å²) in [6, 6.07) is 12.3. The maximum absolute atomic E-state index is 12.9. The van der Waals surface area contributed by atoms with Crippen LogP contribution in [0.1, 0.15) is 21.9 Å². The van der Waals surface area contributed by atoms with Gasteiger partial charge in [0.2, 0.25) is 11.7 Å². The first-order valence-corrected chi connectivity index (χ1v) is 10.3. The first kappa shape index (κ1) is 21.1. The van der Waals surface area contributed by atoms with E-state index in [0.717, 1.165) is 23.0 Å². The SMILES string of the molecule is O=C(c1n[nH]c2ccccc12)N1CCN(Cc2nc(-c3cccc(C(F)(F)F)c3)no2)CC1. The minimum absolute atomic E-state index is 0.107. The Morgan fingerprint density at radius 2 is 1.85 bits per heavy atom. The summed E-state index contributed by atoms with van der Waals surface area (Å²) in [4.78, 5) is 20.9. The molecule has 0 aliphatic carbocycles. The van der Waals surface area contributed by atoms with Crippen LogP contribution in [0.2, 0.25) is 0 Å². The summed E-state index contributed by atoms with van der Waals surface area (Å²) in [6.07, 6.45) is -4.44. The largest absolute Gasteiger partial charge is 0.416 e. The number of para-hydroxylation sites is 1. The van der Waals surface area contributed by atoms with Crippen LogP contribution in [0.5, 0.6) is 0 Å². The van der Waals surface area contributed by atoms with Crippen LogP contribution in [0.15, 0.2) is 53.1 Å². The summed E-state index contributed by atoms with van der Waals surface area (Å²) in [5.41, 5.74) is 0.687. The van der Waals surface area contributed by atoms with Crippen LogP contribution >= 0.6 is 0 Å². The third-order valence-electron chi connectivity index (χ3n) is 5.61. The van der Waals surface area contributed by atoms with E-state index in [4.69, 9.17) is 4.52 Å². The second-order valence-corrected chi connectivity index (χ2v) is 7.78. The molecular weight excluding hydrogens is 437 g/mol. The number of hydrogen-bond donors (Lipinski definition) is 1. The fourth-order valence-electron chi connectivity index (χ4n) is 3.85. The molecule has 170 valence electrons. The quantitative estimate of drug-likeness (QED) is 0.505. The Hall–Kier alpha value is -3.73. The predicted molar refractivity (Wildman–Crippen MR) is 112 cm³/mol. The standard InChI is InChI=1S/C22H19F3N6O2/c23-22(24,25)15-5-3-4-14(12-15)20-26-18(33-29-20)13-30-8-10-31(11-9-30)21(32)19-16-6-1-2-7-17(16)27-28-19/h1-7,12H,8-11,13H2,(H,27,28). The van der Waals surface area contributed by atoms with Gasteiger partial charge in [-0.1, -0.05) is 35.5 Å². The number of alkyl halides is 3. The monoisotopic (exact) mass is 456 g/mol. The van der Waals surface area contributed by atoms with Crippen LogP contribution in [0.3, 0.4) is 0 Å². The van der Waals surface area contributed by atoms with Gasteiger partial charge in [0, 0.05) is 37.1 Å². The third-order valence-corrected chi connectivity index (χ3v) is 5.61. The molecule has 1 fully saturated rings. The summed E-state index contributed by atoms with van der Waals surface area (Å²) in [5.74, 6) is 0.285. The van der Waals surface area contributed by atoms with E-state index in [1.807, 2.05) is 24.3 Å². The van der Waals surface area contributed by atoms with Crippen molar-refractivity contribution in [2.24, 2.45) is 0 Å². The van der Waals surface area contributed by atoms with Crippen molar-refractivity contribution in [3.63, 3.8) is 0 Å². The molecule has 0 spiro atoms.